The van der Waals surface area contributed by atoms with Crippen LogP contribution in [0.4, 0.5) is 11.4 Å². The van der Waals surface area contributed by atoms with Crippen LogP contribution in [0.25, 0.3) is 0 Å². The highest BCUT2D eigenvalue weighted by molar-refractivity contribution is 7.99. The number of nitrogens with zero attached hydrogens (tertiary/aromatic N) is 2. The molecule has 1 fully saturated rings. The van der Waals surface area contributed by atoms with Crippen molar-refractivity contribution in [2.75, 3.05) is 25.1 Å². The first-order valence-corrected chi connectivity index (χ1v) is 10.1. The zero-order chi connectivity index (χ0) is 19.7. The van der Waals surface area contributed by atoms with Crippen molar-refractivity contribution in [3.05, 3.63) is 48.5 Å². The Morgan fingerprint density at radius 2 is 1.71 bits per heavy atom. The summed E-state index contributed by atoms with van der Waals surface area (Å²) in [4.78, 5) is 30.6. The quantitative estimate of drug-likeness (QED) is 0.852. The monoisotopic (exact) mass is 398 g/mol. The van der Waals surface area contributed by atoms with Crippen LogP contribution in [0.1, 0.15) is 12.8 Å². The molecule has 0 saturated carbocycles. The van der Waals surface area contributed by atoms with Crippen molar-refractivity contribution < 1.29 is 19.4 Å². The van der Waals surface area contributed by atoms with E-state index >= 15 is 0 Å². The van der Waals surface area contributed by atoms with E-state index in [4.69, 9.17) is 4.74 Å². The van der Waals surface area contributed by atoms with Crippen LogP contribution in [0.3, 0.4) is 0 Å². The average Bonchev–Trinajstić information content (AvgIpc) is 2.73. The van der Waals surface area contributed by atoms with E-state index in [0.29, 0.717) is 19.4 Å². The first-order valence-electron chi connectivity index (χ1n) is 9.27. The third-order valence-corrected chi connectivity index (χ3v) is 6.45. The van der Waals surface area contributed by atoms with Gasteiger partial charge in [-0.2, -0.15) is 0 Å². The van der Waals surface area contributed by atoms with E-state index in [2.05, 4.69) is 0 Å². The Bertz CT molecular complexity index is 858. The Labute approximate surface area is 168 Å². The molecule has 4 rings (SSSR count). The number of anilines is 2. The van der Waals surface area contributed by atoms with E-state index in [1.165, 1.54) is 4.90 Å². The molecule has 0 spiro atoms. The Morgan fingerprint density at radius 3 is 2.29 bits per heavy atom. The smallest absolute Gasteiger partial charge is 0.326 e. The molecule has 2 aliphatic heterocycles. The summed E-state index contributed by atoms with van der Waals surface area (Å²) in [6, 6.07) is 15.1. The van der Waals surface area contributed by atoms with Crippen LogP contribution in [0.2, 0.25) is 0 Å². The number of aliphatic carboxylic acids is 1. The molecule has 146 valence electrons. The van der Waals surface area contributed by atoms with Gasteiger partial charge in [0.2, 0.25) is 5.91 Å². The second kappa shape index (κ2) is 7.85. The second-order valence-electron chi connectivity index (χ2n) is 6.95. The third kappa shape index (κ3) is 3.47. The standard InChI is InChI=1S/C21H22N2O4S/c1-27-14-10-11-22(17(12-14)21(25)26)20(24)13-23-15-6-2-4-8-18(15)28-19-9-5-3-7-16(19)23/h2-9,14,17H,10-13H2,1H3,(H,25,26). The number of piperidine rings is 1. The molecular weight excluding hydrogens is 376 g/mol. The van der Waals surface area contributed by atoms with Crippen molar-refractivity contribution in [2.45, 2.75) is 34.8 Å². The van der Waals surface area contributed by atoms with Gasteiger partial charge in [-0.1, -0.05) is 36.0 Å². The second-order valence-corrected chi connectivity index (χ2v) is 8.03. The first kappa shape index (κ1) is 18.8. The van der Waals surface area contributed by atoms with Gasteiger partial charge in [-0.15, -0.1) is 0 Å². The summed E-state index contributed by atoms with van der Waals surface area (Å²) in [5, 5.41) is 9.63. The van der Waals surface area contributed by atoms with Crippen molar-refractivity contribution in [2.24, 2.45) is 0 Å². The van der Waals surface area contributed by atoms with Gasteiger partial charge in [0, 0.05) is 29.9 Å². The Morgan fingerprint density at radius 1 is 1.11 bits per heavy atom. The molecule has 2 aliphatic rings. The molecule has 0 radical (unpaired) electrons. The normalized spacial score (nSPS) is 21.0. The molecule has 0 aromatic heterocycles. The fraction of sp³-hybridized carbons (Fsp3) is 0.333. The van der Waals surface area contributed by atoms with Crippen molar-refractivity contribution >= 4 is 35.0 Å². The molecule has 2 aromatic carbocycles. The number of likely N-dealkylation sites (tertiary alicyclic amines) is 1. The zero-order valence-corrected chi connectivity index (χ0v) is 16.4. The first-order chi connectivity index (χ1) is 13.6. The van der Waals surface area contributed by atoms with E-state index in [9.17, 15) is 14.7 Å². The van der Waals surface area contributed by atoms with Crippen LogP contribution < -0.4 is 4.90 Å². The number of methoxy groups -OCH3 is 1. The summed E-state index contributed by atoms with van der Waals surface area (Å²) in [7, 11) is 1.58. The van der Waals surface area contributed by atoms with E-state index in [-0.39, 0.29) is 18.6 Å². The molecule has 28 heavy (non-hydrogen) atoms. The fourth-order valence-corrected chi connectivity index (χ4v) is 4.95. The summed E-state index contributed by atoms with van der Waals surface area (Å²) in [6.45, 7) is 0.496. The highest BCUT2D eigenvalue weighted by Gasteiger charge is 2.37. The molecule has 2 aromatic rings. The number of carboxylic acids is 1. The number of carbonyl (C=O) groups is 2. The number of carboxylic acid groups (broad SMARTS) is 1. The third-order valence-electron chi connectivity index (χ3n) is 5.32. The van der Waals surface area contributed by atoms with Gasteiger partial charge in [0.15, 0.2) is 0 Å². The van der Waals surface area contributed by atoms with Crippen molar-refractivity contribution in [1.29, 1.82) is 0 Å². The number of hydrogen-bond acceptors (Lipinski definition) is 5. The molecule has 1 amide bonds. The lowest BCUT2D eigenvalue weighted by Crippen LogP contribution is -2.54. The molecule has 2 atom stereocenters. The Kier molecular flexibility index (Phi) is 5.28. The highest BCUT2D eigenvalue weighted by Crippen LogP contribution is 2.47. The summed E-state index contributed by atoms with van der Waals surface area (Å²) in [5.74, 6) is -1.16. The number of amides is 1. The van der Waals surface area contributed by atoms with E-state index in [0.717, 1.165) is 21.2 Å². The number of fused-ring (bicyclic) bond motifs is 2. The lowest BCUT2D eigenvalue weighted by Gasteiger charge is -2.39. The molecule has 6 nitrogen and oxygen atoms in total. The van der Waals surface area contributed by atoms with Crippen LogP contribution in [0.15, 0.2) is 58.3 Å². The zero-order valence-electron chi connectivity index (χ0n) is 15.6. The maximum Gasteiger partial charge on any atom is 0.326 e. The van der Waals surface area contributed by atoms with Gasteiger partial charge in [0.25, 0.3) is 0 Å². The van der Waals surface area contributed by atoms with Gasteiger partial charge in [-0.3, -0.25) is 4.79 Å². The maximum atomic E-state index is 13.2. The summed E-state index contributed by atoms with van der Waals surface area (Å²) >= 11 is 1.68. The number of para-hydroxylation sites is 2. The minimum absolute atomic E-state index is 0.107. The van der Waals surface area contributed by atoms with Crippen LogP contribution >= 0.6 is 11.8 Å². The van der Waals surface area contributed by atoms with Crippen LogP contribution in [0, 0.1) is 0 Å². The minimum atomic E-state index is -0.981. The van der Waals surface area contributed by atoms with Gasteiger partial charge in [-0.25, -0.2) is 4.79 Å². The van der Waals surface area contributed by atoms with E-state index < -0.39 is 12.0 Å². The number of hydrogen-bond donors (Lipinski definition) is 1. The molecule has 0 bridgehead atoms. The lowest BCUT2D eigenvalue weighted by atomic mass is 9.99. The number of carbonyl (C=O) groups excluding carboxylic acids is 1. The minimum Gasteiger partial charge on any atom is -0.480 e. The molecule has 7 heteroatoms. The molecule has 1 saturated heterocycles. The van der Waals surface area contributed by atoms with Gasteiger partial charge in [-0.05, 0) is 30.7 Å². The number of benzene rings is 2. The van der Waals surface area contributed by atoms with Gasteiger partial charge >= 0.3 is 5.97 Å². The lowest BCUT2D eigenvalue weighted by molar-refractivity contribution is -0.154. The predicted molar refractivity (Wildman–Crippen MR) is 107 cm³/mol. The Hall–Kier alpha value is -2.51. The van der Waals surface area contributed by atoms with Crippen molar-refractivity contribution in [3.8, 4) is 0 Å². The maximum absolute atomic E-state index is 13.2. The largest absolute Gasteiger partial charge is 0.480 e. The number of rotatable bonds is 4. The molecule has 1 N–H and O–H groups in total. The van der Waals surface area contributed by atoms with Crippen LogP contribution in [0.5, 0.6) is 0 Å². The van der Waals surface area contributed by atoms with Gasteiger partial charge < -0.3 is 19.6 Å². The summed E-state index contributed by atoms with van der Waals surface area (Å²) in [6.07, 6.45) is 0.841. The highest BCUT2D eigenvalue weighted by atomic mass is 32.2. The SMILES string of the molecule is COC1CCN(C(=O)CN2c3ccccc3Sc3ccccc32)C(C(=O)O)C1. The van der Waals surface area contributed by atoms with Crippen LogP contribution in [-0.4, -0.2) is 54.2 Å². The molecule has 0 aliphatic carbocycles. The fourth-order valence-electron chi connectivity index (χ4n) is 3.86. The van der Waals surface area contributed by atoms with Crippen molar-refractivity contribution in [3.63, 3.8) is 0 Å². The molecule has 2 unspecified atom stereocenters. The molecule has 2 heterocycles. The Balaban J connectivity index is 1.62. The average molecular weight is 398 g/mol. The van der Waals surface area contributed by atoms with E-state index in [1.54, 1.807) is 18.9 Å². The number of ether oxygens (including phenoxy) is 1. The topological polar surface area (TPSA) is 70.1 Å². The van der Waals surface area contributed by atoms with Crippen LogP contribution in [-0.2, 0) is 14.3 Å². The van der Waals surface area contributed by atoms with Crippen molar-refractivity contribution in [1.82, 2.24) is 4.90 Å². The molecular formula is C21H22N2O4S. The van der Waals surface area contributed by atoms with Gasteiger partial charge in [0.05, 0.1) is 17.5 Å². The summed E-state index contributed by atoms with van der Waals surface area (Å²) < 4.78 is 5.33. The van der Waals surface area contributed by atoms with Gasteiger partial charge in [0.1, 0.15) is 12.6 Å². The van der Waals surface area contributed by atoms with E-state index in [1.807, 2.05) is 53.4 Å². The predicted octanol–water partition coefficient (Wildman–Crippen LogP) is 3.38. The summed E-state index contributed by atoms with van der Waals surface area (Å²) in [5.41, 5.74) is 1.94.